The van der Waals surface area contributed by atoms with Crippen molar-refractivity contribution >= 4 is 22.1 Å². The molecule has 6 heteroatoms. The van der Waals surface area contributed by atoms with Crippen LogP contribution in [0.15, 0.2) is 48.5 Å². The zero-order valence-electron chi connectivity index (χ0n) is 11.1. The van der Waals surface area contributed by atoms with Gasteiger partial charge >= 0.3 is 0 Å². The van der Waals surface area contributed by atoms with Crippen molar-refractivity contribution in [1.82, 2.24) is 0 Å². The summed E-state index contributed by atoms with van der Waals surface area (Å²) in [5, 5.41) is 23.5. The van der Waals surface area contributed by atoms with Crippen LogP contribution in [0.2, 0.25) is 0 Å². The molecule has 0 atom stereocenters. The number of non-ortho nitro benzene ring substituents is 2. The van der Waals surface area contributed by atoms with E-state index in [4.69, 9.17) is 0 Å². The normalized spacial score (nSPS) is 11.5. The first kappa shape index (κ1) is 12.5. The van der Waals surface area contributed by atoms with E-state index < -0.39 is 9.85 Å². The Morgan fingerprint density at radius 3 is 2.18 bits per heavy atom. The smallest absolute Gasteiger partial charge is 0.258 e. The van der Waals surface area contributed by atoms with Gasteiger partial charge in [0.15, 0.2) is 0 Å². The fourth-order valence-electron chi connectivity index (χ4n) is 3.10. The van der Waals surface area contributed by atoms with Gasteiger partial charge < -0.3 is 0 Å². The molecule has 0 aliphatic heterocycles. The molecule has 0 unspecified atom stereocenters. The van der Waals surface area contributed by atoms with Crippen LogP contribution >= 0.6 is 0 Å². The molecular weight excluding hydrogens is 284 g/mol. The first-order chi connectivity index (χ1) is 10.6. The molecule has 0 saturated heterocycles. The second-order valence-electron chi connectivity index (χ2n) is 5.10. The van der Waals surface area contributed by atoms with Crippen molar-refractivity contribution in [2.24, 2.45) is 0 Å². The highest BCUT2D eigenvalue weighted by Crippen LogP contribution is 2.49. The summed E-state index contributed by atoms with van der Waals surface area (Å²) in [4.78, 5) is 21.3. The lowest BCUT2D eigenvalue weighted by Crippen LogP contribution is -1.89. The van der Waals surface area contributed by atoms with E-state index in [0.717, 1.165) is 27.6 Å². The van der Waals surface area contributed by atoms with Gasteiger partial charge in [0.1, 0.15) is 0 Å². The molecule has 6 nitrogen and oxygen atoms in total. The minimum absolute atomic E-state index is 0.0121. The molecule has 0 bridgehead atoms. The van der Waals surface area contributed by atoms with E-state index in [9.17, 15) is 20.2 Å². The van der Waals surface area contributed by atoms with Gasteiger partial charge in [0.25, 0.3) is 11.4 Å². The third-order valence-electron chi connectivity index (χ3n) is 4.01. The van der Waals surface area contributed by atoms with E-state index in [1.165, 1.54) is 18.2 Å². The second-order valence-corrected chi connectivity index (χ2v) is 5.10. The number of hydrogen-bond acceptors (Lipinski definition) is 4. The number of nitro groups is 2. The zero-order valence-corrected chi connectivity index (χ0v) is 11.1. The number of hydrogen-bond donors (Lipinski definition) is 0. The molecule has 0 fully saturated rings. The van der Waals surface area contributed by atoms with Gasteiger partial charge in [0.05, 0.1) is 15.2 Å². The van der Waals surface area contributed by atoms with Crippen molar-refractivity contribution in [2.45, 2.75) is 0 Å². The van der Waals surface area contributed by atoms with Crippen molar-refractivity contribution in [3.63, 3.8) is 0 Å². The Balaban J connectivity index is 2.12. The molecule has 4 rings (SSSR count). The maximum atomic E-state index is 11.2. The van der Waals surface area contributed by atoms with Gasteiger partial charge in [-0.05, 0) is 40.5 Å². The van der Waals surface area contributed by atoms with Crippen molar-refractivity contribution in [3.05, 3.63) is 68.8 Å². The summed E-state index contributed by atoms with van der Waals surface area (Å²) in [5.41, 5.74) is 3.35. The van der Waals surface area contributed by atoms with Gasteiger partial charge in [0, 0.05) is 23.6 Å². The van der Waals surface area contributed by atoms with E-state index in [0.29, 0.717) is 5.39 Å². The summed E-state index contributed by atoms with van der Waals surface area (Å²) in [6.45, 7) is 0. The highest BCUT2D eigenvalue weighted by molar-refractivity contribution is 6.17. The fourth-order valence-corrected chi connectivity index (χ4v) is 3.10. The van der Waals surface area contributed by atoms with Crippen molar-refractivity contribution in [2.75, 3.05) is 0 Å². The van der Waals surface area contributed by atoms with Gasteiger partial charge in [-0.15, -0.1) is 0 Å². The molecule has 22 heavy (non-hydrogen) atoms. The highest BCUT2D eigenvalue weighted by Gasteiger charge is 2.26. The predicted octanol–water partition coefficient (Wildman–Crippen LogP) is 4.30. The molecule has 0 saturated carbocycles. The summed E-state index contributed by atoms with van der Waals surface area (Å²) >= 11 is 0. The number of benzene rings is 3. The molecule has 1 aliphatic rings. The summed E-state index contributed by atoms with van der Waals surface area (Å²) in [7, 11) is 0. The van der Waals surface area contributed by atoms with Crippen LogP contribution in [0, 0.1) is 20.2 Å². The second kappa shape index (κ2) is 4.11. The van der Waals surface area contributed by atoms with Crippen LogP contribution in [0.5, 0.6) is 0 Å². The Kier molecular flexibility index (Phi) is 2.33. The highest BCUT2D eigenvalue weighted by atomic mass is 16.6. The number of nitro benzene ring substituents is 2. The molecule has 3 aromatic carbocycles. The van der Waals surface area contributed by atoms with Crippen molar-refractivity contribution in [1.29, 1.82) is 0 Å². The van der Waals surface area contributed by atoms with E-state index in [1.807, 2.05) is 6.07 Å². The maximum absolute atomic E-state index is 11.2. The Labute approximate surface area is 123 Å². The van der Waals surface area contributed by atoms with Crippen LogP contribution in [0.25, 0.3) is 33.0 Å². The standard InChI is InChI=1S/C16H8N2O4/c19-17(20)9-4-5-10-12-6-7-15(18(21)22)13-3-1-2-11(16(12)13)14(10)8-9/h1-8H. The predicted molar refractivity (Wildman–Crippen MR) is 81.7 cm³/mol. The maximum Gasteiger partial charge on any atom is 0.277 e. The molecule has 0 amide bonds. The summed E-state index contributed by atoms with van der Waals surface area (Å²) in [6, 6.07) is 13.2. The SMILES string of the molecule is O=[N+]([O-])c1ccc2c(c1)-c1cccc3c([N+](=O)[O-])ccc-2c13. The summed E-state index contributed by atoms with van der Waals surface area (Å²) in [6.07, 6.45) is 0. The molecule has 106 valence electrons. The summed E-state index contributed by atoms with van der Waals surface area (Å²) in [5.74, 6) is 0. The van der Waals surface area contributed by atoms with Crippen LogP contribution in [0.1, 0.15) is 0 Å². The molecular formula is C16H8N2O4. The Hall–Kier alpha value is -3.28. The molecule has 0 heterocycles. The van der Waals surface area contributed by atoms with Crippen LogP contribution in [-0.2, 0) is 0 Å². The van der Waals surface area contributed by atoms with E-state index in [2.05, 4.69) is 0 Å². The van der Waals surface area contributed by atoms with Gasteiger partial charge in [-0.3, -0.25) is 20.2 Å². The Bertz CT molecular complexity index is 995. The third kappa shape index (κ3) is 1.49. The monoisotopic (exact) mass is 292 g/mol. The third-order valence-corrected chi connectivity index (χ3v) is 4.01. The molecule has 0 aromatic heterocycles. The number of fused-ring (bicyclic) bond motifs is 3. The first-order valence-corrected chi connectivity index (χ1v) is 6.57. The minimum Gasteiger partial charge on any atom is -0.258 e. The molecule has 1 aliphatic carbocycles. The molecule has 0 N–H and O–H groups in total. The van der Waals surface area contributed by atoms with Gasteiger partial charge in [-0.1, -0.05) is 12.1 Å². The quantitative estimate of drug-likeness (QED) is 0.407. The van der Waals surface area contributed by atoms with Crippen LogP contribution in [0.3, 0.4) is 0 Å². The van der Waals surface area contributed by atoms with Crippen LogP contribution < -0.4 is 0 Å². The Morgan fingerprint density at radius 1 is 0.727 bits per heavy atom. The van der Waals surface area contributed by atoms with Gasteiger partial charge in [-0.2, -0.15) is 0 Å². The first-order valence-electron chi connectivity index (χ1n) is 6.57. The average Bonchev–Trinajstić information content (AvgIpc) is 2.83. The van der Waals surface area contributed by atoms with Crippen molar-refractivity contribution < 1.29 is 9.85 Å². The zero-order chi connectivity index (χ0) is 15.4. The topological polar surface area (TPSA) is 86.3 Å². The van der Waals surface area contributed by atoms with E-state index >= 15 is 0 Å². The average molecular weight is 292 g/mol. The lowest BCUT2D eigenvalue weighted by Gasteiger charge is -2.02. The molecule has 0 radical (unpaired) electrons. The lowest BCUT2D eigenvalue weighted by atomic mass is 10.0. The van der Waals surface area contributed by atoms with Gasteiger partial charge in [0.2, 0.25) is 0 Å². The van der Waals surface area contributed by atoms with E-state index in [1.54, 1.807) is 24.3 Å². The minimum atomic E-state index is -0.439. The number of rotatable bonds is 2. The lowest BCUT2D eigenvalue weighted by molar-refractivity contribution is -0.384. The fraction of sp³-hybridized carbons (Fsp3) is 0. The largest absolute Gasteiger partial charge is 0.277 e. The van der Waals surface area contributed by atoms with Crippen molar-refractivity contribution in [3.8, 4) is 22.3 Å². The van der Waals surface area contributed by atoms with Gasteiger partial charge in [-0.25, -0.2) is 0 Å². The number of nitrogens with zero attached hydrogens (tertiary/aromatic N) is 2. The summed E-state index contributed by atoms with van der Waals surface area (Å²) < 4.78 is 0. The van der Waals surface area contributed by atoms with E-state index in [-0.39, 0.29) is 11.4 Å². The van der Waals surface area contributed by atoms with Crippen LogP contribution in [0.4, 0.5) is 11.4 Å². The van der Waals surface area contributed by atoms with Crippen LogP contribution in [-0.4, -0.2) is 9.85 Å². The molecule has 0 spiro atoms. The molecule has 3 aromatic rings. The Morgan fingerprint density at radius 2 is 1.45 bits per heavy atom.